The average Bonchev–Trinajstić information content (AvgIpc) is 3.11. The second-order valence-corrected chi connectivity index (χ2v) is 8.72. The van der Waals surface area contributed by atoms with Crippen molar-refractivity contribution in [3.63, 3.8) is 0 Å². The van der Waals surface area contributed by atoms with E-state index in [1.165, 1.54) is 0 Å². The Morgan fingerprint density at radius 1 is 1.16 bits per heavy atom. The summed E-state index contributed by atoms with van der Waals surface area (Å²) in [5.41, 5.74) is 0.251. The molecule has 31 heavy (non-hydrogen) atoms. The predicted octanol–water partition coefficient (Wildman–Crippen LogP) is 4.30. The number of Topliss-reactive ketones (excluding diaryl/α,β-unsaturated/α-hetero) is 1. The van der Waals surface area contributed by atoms with Crippen LogP contribution >= 0.6 is 0 Å². The van der Waals surface area contributed by atoms with Gasteiger partial charge in [0, 0.05) is 49.5 Å². The number of carbonyl (C=O) groups excluding carboxylic acids is 2. The van der Waals surface area contributed by atoms with Gasteiger partial charge in [-0.25, -0.2) is 9.50 Å². The summed E-state index contributed by atoms with van der Waals surface area (Å²) in [6, 6.07) is 2.64. The Labute approximate surface area is 178 Å². The van der Waals surface area contributed by atoms with Gasteiger partial charge in [0.25, 0.3) is 0 Å². The minimum Gasteiger partial charge on any atom is -0.343 e. The molecule has 1 saturated heterocycles. The van der Waals surface area contributed by atoms with E-state index in [0.717, 1.165) is 29.8 Å². The van der Waals surface area contributed by atoms with Gasteiger partial charge in [-0.2, -0.15) is 18.3 Å². The first-order valence-electron chi connectivity index (χ1n) is 11.0. The lowest BCUT2D eigenvalue weighted by Crippen LogP contribution is -2.38. The average molecular weight is 436 g/mol. The van der Waals surface area contributed by atoms with E-state index in [-0.39, 0.29) is 29.2 Å². The highest BCUT2D eigenvalue weighted by atomic mass is 19.4. The summed E-state index contributed by atoms with van der Waals surface area (Å²) in [5, 5.41) is 3.92. The third-order valence-electron chi connectivity index (χ3n) is 6.51. The number of hydrogen-bond acceptors (Lipinski definition) is 4. The summed E-state index contributed by atoms with van der Waals surface area (Å²) in [4.78, 5) is 30.8. The van der Waals surface area contributed by atoms with E-state index in [1.807, 2.05) is 0 Å². The first-order valence-corrected chi connectivity index (χ1v) is 11.0. The zero-order valence-corrected chi connectivity index (χ0v) is 17.6. The van der Waals surface area contributed by atoms with Gasteiger partial charge in [-0.1, -0.05) is 6.42 Å². The number of aryl methyl sites for hydroxylation is 1. The topological polar surface area (TPSA) is 67.6 Å². The molecule has 0 spiro atoms. The van der Waals surface area contributed by atoms with Crippen molar-refractivity contribution < 1.29 is 22.8 Å². The molecule has 1 saturated carbocycles. The van der Waals surface area contributed by atoms with Crippen LogP contribution in [0, 0.1) is 12.8 Å². The van der Waals surface area contributed by atoms with Crippen molar-refractivity contribution in [2.24, 2.45) is 5.92 Å². The summed E-state index contributed by atoms with van der Waals surface area (Å²) in [7, 11) is 0. The molecule has 2 aromatic rings. The molecule has 6 nitrogen and oxygen atoms in total. The number of alkyl halides is 3. The largest absolute Gasteiger partial charge is 0.433 e. The standard InChI is InChI=1S/C22H27F3N4O2/c1-14-12-20-26-17(13-19(22(23,24)25)29(20)27-14)15-8-10-28(11-9-15)21(31)7-6-16-4-2-3-5-18(16)30/h12-13,15-16H,2-11H2,1H3/t16-/m0/s1. The molecular formula is C22H27F3N4O2. The van der Waals surface area contributed by atoms with Gasteiger partial charge in [-0.05, 0) is 45.1 Å². The normalized spacial score (nSPS) is 21.1. The maximum absolute atomic E-state index is 13.5. The molecule has 0 aromatic carbocycles. The molecule has 2 aliphatic rings. The van der Waals surface area contributed by atoms with Crippen molar-refractivity contribution in [3.8, 4) is 0 Å². The third-order valence-corrected chi connectivity index (χ3v) is 6.51. The van der Waals surface area contributed by atoms with Crippen LogP contribution in [0.1, 0.15) is 74.4 Å². The number of aromatic nitrogens is 3. The zero-order valence-electron chi connectivity index (χ0n) is 17.6. The minimum atomic E-state index is -4.53. The summed E-state index contributed by atoms with van der Waals surface area (Å²) in [6.07, 6.45) is 1.07. The van der Waals surface area contributed by atoms with Crippen molar-refractivity contribution in [1.82, 2.24) is 19.5 Å². The monoisotopic (exact) mass is 436 g/mol. The van der Waals surface area contributed by atoms with E-state index in [4.69, 9.17) is 0 Å². The molecule has 4 rings (SSSR count). The molecule has 0 unspecified atom stereocenters. The van der Waals surface area contributed by atoms with Gasteiger partial charge < -0.3 is 4.90 Å². The second kappa shape index (κ2) is 8.59. The van der Waals surface area contributed by atoms with Crippen molar-refractivity contribution in [3.05, 3.63) is 29.2 Å². The highest BCUT2D eigenvalue weighted by molar-refractivity contribution is 5.83. The number of halogens is 3. The summed E-state index contributed by atoms with van der Waals surface area (Å²) >= 11 is 0. The van der Waals surface area contributed by atoms with Gasteiger partial charge in [0.2, 0.25) is 5.91 Å². The fraction of sp³-hybridized carbons (Fsp3) is 0.636. The fourth-order valence-corrected chi connectivity index (χ4v) is 4.76. The van der Waals surface area contributed by atoms with E-state index in [0.29, 0.717) is 56.6 Å². The zero-order chi connectivity index (χ0) is 22.2. The molecule has 2 aromatic heterocycles. The Morgan fingerprint density at radius 2 is 1.90 bits per heavy atom. The molecule has 168 valence electrons. The van der Waals surface area contributed by atoms with E-state index < -0.39 is 11.9 Å². The lowest BCUT2D eigenvalue weighted by Gasteiger charge is -2.32. The van der Waals surface area contributed by atoms with Crippen molar-refractivity contribution >= 4 is 17.3 Å². The number of likely N-dealkylation sites (tertiary alicyclic amines) is 1. The maximum Gasteiger partial charge on any atom is 0.433 e. The lowest BCUT2D eigenvalue weighted by atomic mass is 9.84. The number of hydrogen-bond donors (Lipinski definition) is 0. The van der Waals surface area contributed by atoms with Crippen LogP contribution in [0.2, 0.25) is 0 Å². The Kier molecular flexibility index (Phi) is 6.03. The highest BCUT2D eigenvalue weighted by Gasteiger charge is 2.36. The second-order valence-electron chi connectivity index (χ2n) is 8.72. The molecule has 2 fully saturated rings. The van der Waals surface area contributed by atoms with Crippen LogP contribution < -0.4 is 0 Å². The molecule has 9 heteroatoms. The number of piperidine rings is 1. The van der Waals surface area contributed by atoms with E-state index in [2.05, 4.69) is 10.1 Å². The van der Waals surface area contributed by atoms with Crippen LogP contribution in [0.3, 0.4) is 0 Å². The smallest absolute Gasteiger partial charge is 0.343 e. The fourth-order valence-electron chi connectivity index (χ4n) is 4.76. The molecule has 0 radical (unpaired) electrons. The SMILES string of the molecule is Cc1cc2nc(C3CCN(C(=O)CC[C@@H]4CCCCC4=O)CC3)cc(C(F)(F)F)n2n1. The lowest BCUT2D eigenvalue weighted by molar-refractivity contribution is -0.142. The molecule has 1 aliphatic carbocycles. The molecule has 1 aliphatic heterocycles. The quantitative estimate of drug-likeness (QED) is 0.717. The number of nitrogens with zero attached hydrogens (tertiary/aromatic N) is 4. The van der Waals surface area contributed by atoms with E-state index in [1.54, 1.807) is 17.9 Å². The van der Waals surface area contributed by atoms with Gasteiger partial charge >= 0.3 is 6.18 Å². The van der Waals surface area contributed by atoms with Crippen molar-refractivity contribution in [2.75, 3.05) is 13.1 Å². The highest BCUT2D eigenvalue weighted by Crippen LogP contribution is 2.34. The summed E-state index contributed by atoms with van der Waals surface area (Å²) < 4.78 is 41.5. The van der Waals surface area contributed by atoms with Crippen LogP contribution in [0.25, 0.3) is 5.65 Å². The first-order chi connectivity index (χ1) is 14.7. The van der Waals surface area contributed by atoms with Crippen LogP contribution in [0.5, 0.6) is 0 Å². The molecule has 3 heterocycles. The van der Waals surface area contributed by atoms with Crippen molar-refractivity contribution in [2.45, 2.75) is 70.4 Å². The molecule has 0 N–H and O–H groups in total. The maximum atomic E-state index is 13.5. The Morgan fingerprint density at radius 3 is 2.58 bits per heavy atom. The van der Waals surface area contributed by atoms with Gasteiger partial charge in [-0.3, -0.25) is 9.59 Å². The molecular weight excluding hydrogens is 409 g/mol. The van der Waals surface area contributed by atoms with Crippen LogP contribution in [-0.2, 0) is 15.8 Å². The number of amides is 1. The first kappa shape index (κ1) is 21.8. The van der Waals surface area contributed by atoms with Crippen LogP contribution in [-0.4, -0.2) is 44.3 Å². The van der Waals surface area contributed by atoms with Crippen LogP contribution in [0.15, 0.2) is 12.1 Å². The molecule has 1 atom stereocenters. The van der Waals surface area contributed by atoms with Gasteiger partial charge in [0.15, 0.2) is 5.65 Å². The Balaban J connectivity index is 1.40. The molecule has 0 bridgehead atoms. The van der Waals surface area contributed by atoms with Gasteiger partial charge in [0.1, 0.15) is 11.5 Å². The Hall–Kier alpha value is -2.45. The van der Waals surface area contributed by atoms with E-state index in [9.17, 15) is 22.8 Å². The number of rotatable bonds is 4. The summed E-state index contributed by atoms with van der Waals surface area (Å²) in [6.45, 7) is 2.63. The minimum absolute atomic E-state index is 0.00562. The number of fused-ring (bicyclic) bond motifs is 1. The number of ketones is 1. The predicted molar refractivity (Wildman–Crippen MR) is 107 cm³/mol. The molecule has 1 amide bonds. The van der Waals surface area contributed by atoms with E-state index >= 15 is 0 Å². The van der Waals surface area contributed by atoms with Gasteiger partial charge in [0.05, 0.1) is 5.69 Å². The van der Waals surface area contributed by atoms with Crippen molar-refractivity contribution in [1.29, 1.82) is 0 Å². The summed E-state index contributed by atoms with van der Waals surface area (Å²) in [5.74, 6) is 0.175. The van der Waals surface area contributed by atoms with Gasteiger partial charge in [-0.15, -0.1) is 0 Å². The Bertz CT molecular complexity index is 977. The van der Waals surface area contributed by atoms with Crippen LogP contribution in [0.4, 0.5) is 13.2 Å². The third kappa shape index (κ3) is 4.75. The number of carbonyl (C=O) groups is 2.